The molecule has 0 unspecified atom stereocenters. The molecule has 0 heterocycles. The van der Waals surface area contributed by atoms with Crippen LogP contribution >= 0.6 is 11.6 Å². The van der Waals surface area contributed by atoms with Crippen LogP contribution in [0, 0.1) is 10.1 Å². The molecule has 2 aromatic rings. The number of nitro benzene ring substituents is 1. The van der Waals surface area contributed by atoms with Crippen molar-refractivity contribution in [2.24, 2.45) is 0 Å². The zero-order valence-electron chi connectivity index (χ0n) is 16.2. The second-order valence-corrected chi connectivity index (χ2v) is 8.83. The third-order valence-corrected chi connectivity index (χ3v) is 6.04. The molecule has 0 aliphatic carbocycles. The lowest BCUT2D eigenvalue weighted by Gasteiger charge is -2.15. The number of carbonyl (C=O) groups excluding carboxylic acids is 2. The highest BCUT2D eigenvalue weighted by molar-refractivity contribution is 7.89. The first-order valence-corrected chi connectivity index (χ1v) is 10.2. The van der Waals surface area contributed by atoms with E-state index in [0.717, 1.165) is 22.5 Å². The van der Waals surface area contributed by atoms with E-state index in [4.69, 9.17) is 16.3 Å². The first kappa shape index (κ1) is 23.3. The summed E-state index contributed by atoms with van der Waals surface area (Å²) in [7, 11) is -0.930. The summed E-state index contributed by atoms with van der Waals surface area (Å²) >= 11 is 5.88. The molecule has 0 spiro atoms. The summed E-state index contributed by atoms with van der Waals surface area (Å²) in [5.41, 5.74) is -0.241. The van der Waals surface area contributed by atoms with E-state index >= 15 is 0 Å². The summed E-state index contributed by atoms with van der Waals surface area (Å²) in [6, 6.07) is 8.81. The van der Waals surface area contributed by atoms with Crippen molar-refractivity contribution in [3.8, 4) is 0 Å². The third-order valence-electron chi connectivity index (χ3n) is 3.92. The van der Waals surface area contributed by atoms with Crippen LogP contribution in [0.15, 0.2) is 47.4 Å². The van der Waals surface area contributed by atoms with Crippen molar-refractivity contribution in [1.82, 2.24) is 4.31 Å². The predicted octanol–water partition coefficient (Wildman–Crippen LogP) is 2.68. The van der Waals surface area contributed by atoms with E-state index in [-0.39, 0.29) is 26.9 Å². The van der Waals surface area contributed by atoms with Crippen LogP contribution in [0.3, 0.4) is 0 Å². The van der Waals surface area contributed by atoms with Crippen molar-refractivity contribution in [3.63, 3.8) is 0 Å². The van der Waals surface area contributed by atoms with E-state index in [9.17, 15) is 28.1 Å². The summed E-state index contributed by atoms with van der Waals surface area (Å²) in [4.78, 5) is 34.6. The van der Waals surface area contributed by atoms with Crippen molar-refractivity contribution in [2.75, 3.05) is 19.4 Å². The Kier molecular flexibility index (Phi) is 7.13. The summed E-state index contributed by atoms with van der Waals surface area (Å²) in [5, 5.41) is 13.0. The number of halogens is 1. The molecular formula is C18H18ClN3O7S. The molecule has 0 aromatic heterocycles. The molecule has 2 rings (SSSR count). The van der Waals surface area contributed by atoms with Crippen LogP contribution in [-0.2, 0) is 19.6 Å². The predicted molar refractivity (Wildman–Crippen MR) is 109 cm³/mol. The van der Waals surface area contributed by atoms with Gasteiger partial charge in [-0.3, -0.25) is 14.9 Å². The Hall–Kier alpha value is -3.02. The van der Waals surface area contributed by atoms with E-state index in [2.05, 4.69) is 5.32 Å². The number of hydrogen-bond acceptors (Lipinski definition) is 7. The number of hydrogen-bond donors (Lipinski definition) is 1. The lowest BCUT2D eigenvalue weighted by molar-refractivity contribution is -0.384. The van der Waals surface area contributed by atoms with Crippen molar-refractivity contribution in [2.45, 2.75) is 17.9 Å². The number of esters is 1. The fourth-order valence-electron chi connectivity index (χ4n) is 2.25. The van der Waals surface area contributed by atoms with Crippen LogP contribution in [0.5, 0.6) is 0 Å². The van der Waals surface area contributed by atoms with Crippen LogP contribution in [-0.4, -0.2) is 49.7 Å². The number of amides is 1. The van der Waals surface area contributed by atoms with Crippen LogP contribution in [0.25, 0.3) is 0 Å². The maximum absolute atomic E-state index is 12.3. The summed E-state index contributed by atoms with van der Waals surface area (Å²) in [6.07, 6.45) is -1.25. The van der Waals surface area contributed by atoms with E-state index < -0.39 is 32.9 Å². The number of rotatable bonds is 7. The summed E-state index contributed by atoms with van der Waals surface area (Å²) in [5.74, 6) is -1.65. The molecule has 30 heavy (non-hydrogen) atoms. The largest absolute Gasteiger partial charge is 0.449 e. The van der Waals surface area contributed by atoms with Crippen molar-refractivity contribution in [1.29, 1.82) is 0 Å². The van der Waals surface area contributed by atoms with Gasteiger partial charge in [-0.1, -0.05) is 17.7 Å². The quantitative estimate of drug-likeness (QED) is 0.385. The Bertz CT molecular complexity index is 1100. The molecule has 2 aromatic carbocycles. The molecule has 0 fully saturated rings. The average molecular weight is 456 g/mol. The molecular weight excluding hydrogens is 438 g/mol. The number of carbonyl (C=O) groups is 2. The normalized spacial score (nSPS) is 12.3. The van der Waals surface area contributed by atoms with Crippen LogP contribution in [0.2, 0.25) is 5.02 Å². The highest BCUT2D eigenvalue weighted by atomic mass is 35.5. The molecule has 0 bridgehead atoms. The van der Waals surface area contributed by atoms with Crippen LogP contribution < -0.4 is 5.32 Å². The molecule has 1 atom stereocenters. The van der Waals surface area contributed by atoms with Gasteiger partial charge in [-0.25, -0.2) is 17.5 Å². The van der Waals surface area contributed by atoms with E-state index in [0.29, 0.717) is 0 Å². The summed E-state index contributed by atoms with van der Waals surface area (Å²) in [6.45, 7) is 1.31. The number of benzene rings is 2. The van der Waals surface area contributed by atoms with E-state index in [1.54, 1.807) is 0 Å². The van der Waals surface area contributed by atoms with Crippen molar-refractivity contribution in [3.05, 3.63) is 63.2 Å². The Labute approximate surface area is 177 Å². The number of nitrogens with one attached hydrogen (secondary N) is 1. The molecule has 0 aliphatic heterocycles. The van der Waals surface area contributed by atoms with Crippen molar-refractivity contribution >= 4 is 44.9 Å². The van der Waals surface area contributed by atoms with Gasteiger partial charge in [-0.2, -0.15) is 0 Å². The Morgan fingerprint density at radius 3 is 2.43 bits per heavy atom. The number of anilines is 1. The number of nitro groups is 1. The van der Waals surface area contributed by atoms with Gasteiger partial charge < -0.3 is 10.1 Å². The van der Waals surface area contributed by atoms with Gasteiger partial charge in [-0.05, 0) is 31.2 Å². The minimum Gasteiger partial charge on any atom is -0.449 e. The van der Waals surface area contributed by atoms with Crippen LogP contribution in [0.4, 0.5) is 11.4 Å². The molecule has 1 amide bonds. The highest BCUT2D eigenvalue weighted by Crippen LogP contribution is 2.24. The van der Waals surface area contributed by atoms with Gasteiger partial charge in [0.15, 0.2) is 6.10 Å². The number of ether oxygens (including phenoxy) is 1. The SMILES string of the molecule is C[C@H](OC(=O)c1ccc([N+](=O)[O-])cc1Cl)C(=O)Nc1cccc(S(=O)(=O)N(C)C)c1. The number of nitrogens with zero attached hydrogens (tertiary/aromatic N) is 2. The minimum atomic E-state index is -3.69. The monoisotopic (exact) mass is 455 g/mol. The Morgan fingerprint density at radius 1 is 1.20 bits per heavy atom. The molecule has 0 radical (unpaired) electrons. The van der Waals surface area contributed by atoms with Gasteiger partial charge in [0.2, 0.25) is 10.0 Å². The zero-order valence-corrected chi connectivity index (χ0v) is 17.7. The molecule has 1 N–H and O–H groups in total. The maximum atomic E-state index is 12.3. The van der Waals surface area contributed by atoms with Crippen LogP contribution in [0.1, 0.15) is 17.3 Å². The molecule has 10 nitrogen and oxygen atoms in total. The van der Waals surface area contributed by atoms with Crippen molar-refractivity contribution < 1.29 is 27.7 Å². The Morgan fingerprint density at radius 2 is 1.87 bits per heavy atom. The second-order valence-electron chi connectivity index (χ2n) is 6.27. The van der Waals surface area contributed by atoms with Gasteiger partial charge in [0.25, 0.3) is 11.6 Å². The van der Waals surface area contributed by atoms with Gasteiger partial charge in [0, 0.05) is 31.9 Å². The van der Waals surface area contributed by atoms with E-state index in [1.165, 1.54) is 45.3 Å². The first-order valence-electron chi connectivity index (χ1n) is 8.42. The standard InChI is InChI=1S/C18H18ClN3O7S/c1-11(29-18(24)15-8-7-13(22(25)26)10-16(15)19)17(23)20-12-5-4-6-14(9-12)30(27,28)21(2)3/h4-11H,1-3H3,(H,20,23)/t11-/m0/s1. The molecule has 160 valence electrons. The number of non-ortho nitro benzene ring substituents is 1. The fraction of sp³-hybridized carbons (Fsp3) is 0.222. The Balaban J connectivity index is 2.10. The van der Waals surface area contributed by atoms with E-state index in [1.807, 2.05) is 0 Å². The van der Waals surface area contributed by atoms with Gasteiger partial charge in [-0.15, -0.1) is 0 Å². The fourth-order valence-corrected chi connectivity index (χ4v) is 3.45. The highest BCUT2D eigenvalue weighted by Gasteiger charge is 2.23. The average Bonchev–Trinajstić information content (AvgIpc) is 2.67. The zero-order chi connectivity index (χ0) is 22.6. The number of sulfonamides is 1. The lowest BCUT2D eigenvalue weighted by atomic mass is 10.2. The third kappa shape index (κ3) is 5.32. The second kappa shape index (κ2) is 9.20. The lowest BCUT2D eigenvalue weighted by Crippen LogP contribution is -2.30. The van der Waals surface area contributed by atoms with Gasteiger partial charge >= 0.3 is 5.97 Å². The summed E-state index contributed by atoms with van der Waals surface area (Å²) < 4.78 is 30.5. The molecule has 0 saturated heterocycles. The molecule has 0 saturated carbocycles. The maximum Gasteiger partial charge on any atom is 0.340 e. The van der Waals surface area contributed by atoms with Gasteiger partial charge in [0.05, 0.1) is 20.4 Å². The first-order chi connectivity index (χ1) is 13.9. The minimum absolute atomic E-state index is 0.0207. The molecule has 12 heteroatoms. The molecule has 0 aliphatic rings. The smallest absolute Gasteiger partial charge is 0.340 e. The van der Waals surface area contributed by atoms with Gasteiger partial charge in [0.1, 0.15) is 0 Å². The topological polar surface area (TPSA) is 136 Å².